The molecule has 0 spiro atoms. The third-order valence-corrected chi connectivity index (χ3v) is 4.16. The van der Waals surface area contributed by atoms with Gasteiger partial charge in [0.2, 0.25) is 5.91 Å². The number of amides is 1. The molecule has 2 rings (SSSR count). The van der Waals surface area contributed by atoms with Gasteiger partial charge < -0.3 is 10.4 Å². The number of alkyl halides is 3. The van der Waals surface area contributed by atoms with Crippen molar-refractivity contribution in [3.63, 3.8) is 0 Å². The van der Waals surface area contributed by atoms with Crippen LogP contribution in [0.2, 0.25) is 0 Å². The summed E-state index contributed by atoms with van der Waals surface area (Å²) in [6.45, 7) is 3.31. The summed E-state index contributed by atoms with van der Waals surface area (Å²) in [6, 6.07) is 4.60. The second-order valence-corrected chi connectivity index (χ2v) is 5.98. The normalized spacial score (nSPS) is 18.7. The first-order valence-corrected chi connectivity index (χ1v) is 7.63. The van der Waals surface area contributed by atoms with Crippen LogP contribution < -0.4 is 5.32 Å². The number of aliphatic hydroxyl groups is 1. The third-order valence-electron chi connectivity index (χ3n) is 4.16. The summed E-state index contributed by atoms with van der Waals surface area (Å²) < 4.78 is 37.9. The lowest BCUT2D eigenvalue weighted by molar-refractivity contribution is -0.137. The maximum Gasteiger partial charge on any atom is 0.416 e. The maximum atomic E-state index is 12.6. The number of carbonyl (C=O) groups is 1. The zero-order valence-corrected chi connectivity index (χ0v) is 12.9. The summed E-state index contributed by atoms with van der Waals surface area (Å²) in [7, 11) is 0. The summed E-state index contributed by atoms with van der Waals surface area (Å²) in [4.78, 5) is 13.9. The molecular formula is C16H21F3N2O2. The second-order valence-electron chi connectivity index (χ2n) is 5.98. The Morgan fingerprint density at radius 1 is 1.39 bits per heavy atom. The van der Waals surface area contributed by atoms with Crippen LogP contribution in [0.4, 0.5) is 18.9 Å². The zero-order valence-electron chi connectivity index (χ0n) is 12.9. The van der Waals surface area contributed by atoms with Crippen molar-refractivity contribution in [3.05, 3.63) is 29.8 Å². The average molecular weight is 330 g/mol. The number of hydrogen-bond acceptors (Lipinski definition) is 3. The van der Waals surface area contributed by atoms with E-state index in [1.807, 2.05) is 4.90 Å². The average Bonchev–Trinajstić information content (AvgIpc) is 2.47. The smallest absolute Gasteiger partial charge is 0.393 e. The largest absolute Gasteiger partial charge is 0.416 e. The summed E-state index contributed by atoms with van der Waals surface area (Å²) in [6.07, 6.45) is -3.15. The summed E-state index contributed by atoms with van der Waals surface area (Å²) in [5, 5.41) is 12.0. The van der Waals surface area contributed by atoms with Gasteiger partial charge in [0.05, 0.1) is 18.2 Å². The quantitative estimate of drug-likeness (QED) is 0.892. The standard InChI is InChI=1S/C16H21F3N2O2/c1-11(22)12-5-7-21(8-6-12)10-15(23)20-14-4-2-3-13(9-14)16(17,18)19/h2-4,9,11-12,22H,5-8,10H2,1H3,(H,20,23). The number of likely N-dealkylation sites (tertiary alicyclic amines) is 1. The van der Waals surface area contributed by atoms with Crippen LogP contribution in [0.1, 0.15) is 25.3 Å². The molecule has 0 aromatic heterocycles. The Labute approximate surface area is 133 Å². The Kier molecular flexibility index (Phi) is 5.64. The number of piperidine rings is 1. The predicted octanol–water partition coefficient (Wildman–Crippen LogP) is 2.74. The first-order chi connectivity index (χ1) is 10.8. The van der Waals surface area contributed by atoms with Crippen LogP contribution in [0.3, 0.4) is 0 Å². The molecule has 1 aromatic rings. The molecule has 7 heteroatoms. The molecule has 1 aliphatic rings. The van der Waals surface area contributed by atoms with Crippen molar-refractivity contribution in [1.82, 2.24) is 4.90 Å². The van der Waals surface area contributed by atoms with Gasteiger partial charge in [0.1, 0.15) is 0 Å². The second kappa shape index (κ2) is 7.31. The molecule has 0 aliphatic carbocycles. The van der Waals surface area contributed by atoms with Gasteiger partial charge in [-0.25, -0.2) is 0 Å². The fourth-order valence-electron chi connectivity index (χ4n) is 2.77. The molecule has 0 radical (unpaired) electrons. The van der Waals surface area contributed by atoms with Crippen molar-refractivity contribution in [1.29, 1.82) is 0 Å². The highest BCUT2D eigenvalue weighted by Crippen LogP contribution is 2.30. The predicted molar refractivity (Wildman–Crippen MR) is 80.9 cm³/mol. The van der Waals surface area contributed by atoms with Crippen LogP contribution in [0.25, 0.3) is 0 Å². The molecule has 1 amide bonds. The van der Waals surface area contributed by atoms with E-state index in [4.69, 9.17) is 0 Å². The van der Waals surface area contributed by atoms with E-state index in [-0.39, 0.29) is 30.2 Å². The van der Waals surface area contributed by atoms with E-state index in [9.17, 15) is 23.1 Å². The number of anilines is 1. The molecule has 1 aliphatic heterocycles. The van der Waals surface area contributed by atoms with E-state index in [0.717, 1.165) is 25.0 Å². The van der Waals surface area contributed by atoms with Gasteiger partial charge in [0, 0.05) is 5.69 Å². The van der Waals surface area contributed by atoms with E-state index in [2.05, 4.69) is 5.32 Å². The van der Waals surface area contributed by atoms with Crippen LogP contribution in [0.5, 0.6) is 0 Å². The highest BCUT2D eigenvalue weighted by molar-refractivity contribution is 5.92. The lowest BCUT2D eigenvalue weighted by Gasteiger charge is -2.32. The molecule has 1 heterocycles. The number of nitrogens with one attached hydrogen (secondary N) is 1. The molecule has 1 fully saturated rings. The topological polar surface area (TPSA) is 52.6 Å². The first kappa shape index (κ1) is 17.7. The van der Waals surface area contributed by atoms with Gasteiger partial charge >= 0.3 is 6.18 Å². The number of aliphatic hydroxyl groups excluding tert-OH is 1. The number of nitrogens with zero attached hydrogens (tertiary/aromatic N) is 1. The Balaban J connectivity index is 1.86. The fourth-order valence-corrected chi connectivity index (χ4v) is 2.77. The van der Waals surface area contributed by atoms with Gasteiger partial charge in [0.15, 0.2) is 0 Å². The van der Waals surface area contributed by atoms with E-state index in [0.29, 0.717) is 13.1 Å². The Hall–Kier alpha value is -1.60. The molecule has 1 atom stereocenters. The van der Waals surface area contributed by atoms with Crippen LogP contribution in [-0.2, 0) is 11.0 Å². The molecule has 4 nitrogen and oxygen atoms in total. The molecule has 1 unspecified atom stereocenters. The Morgan fingerprint density at radius 2 is 2.04 bits per heavy atom. The van der Waals surface area contributed by atoms with Gasteiger partial charge in [-0.05, 0) is 57.0 Å². The van der Waals surface area contributed by atoms with Gasteiger partial charge in [-0.1, -0.05) is 6.07 Å². The van der Waals surface area contributed by atoms with Gasteiger partial charge in [-0.15, -0.1) is 0 Å². The minimum absolute atomic E-state index is 0.142. The molecule has 1 aromatic carbocycles. The number of carbonyl (C=O) groups excluding carboxylic acids is 1. The number of hydrogen-bond donors (Lipinski definition) is 2. The van der Waals surface area contributed by atoms with Crippen LogP contribution in [0.15, 0.2) is 24.3 Å². The van der Waals surface area contributed by atoms with Crippen molar-refractivity contribution in [2.75, 3.05) is 25.0 Å². The minimum Gasteiger partial charge on any atom is -0.393 e. The highest BCUT2D eigenvalue weighted by atomic mass is 19.4. The molecule has 2 N–H and O–H groups in total. The first-order valence-electron chi connectivity index (χ1n) is 7.63. The van der Waals surface area contributed by atoms with Crippen molar-refractivity contribution < 1.29 is 23.1 Å². The van der Waals surface area contributed by atoms with Crippen molar-refractivity contribution in [2.45, 2.75) is 32.0 Å². The monoisotopic (exact) mass is 330 g/mol. The molecule has 128 valence electrons. The molecule has 23 heavy (non-hydrogen) atoms. The van der Waals surface area contributed by atoms with Crippen molar-refractivity contribution >= 4 is 11.6 Å². The Bertz CT molecular complexity index is 538. The van der Waals surface area contributed by atoms with Gasteiger partial charge in [-0.3, -0.25) is 9.69 Å². The summed E-state index contributed by atoms with van der Waals surface area (Å²) in [5.74, 6) is -0.0856. The molecule has 0 saturated carbocycles. The maximum absolute atomic E-state index is 12.6. The van der Waals surface area contributed by atoms with Gasteiger partial charge in [-0.2, -0.15) is 13.2 Å². The van der Waals surface area contributed by atoms with Crippen molar-refractivity contribution in [3.8, 4) is 0 Å². The van der Waals surface area contributed by atoms with Crippen molar-refractivity contribution in [2.24, 2.45) is 5.92 Å². The fraction of sp³-hybridized carbons (Fsp3) is 0.562. The molecule has 1 saturated heterocycles. The number of benzene rings is 1. The van der Waals surface area contributed by atoms with E-state index < -0.39 is 11.7 Å². The van der Waals surface area contributed by atoms with Crippen LogP contribution in [-0.4, -0.2) is 41.7 Å². The summed E-state index contributed by atoms with van der Waals surface area (Å²) in [5.41, 5.74) is -0.642. The number of halogens is 3. The minimum atomic E-state index is -4.43. The highest BCUT2D eigenvalue weighted by Gasteiger charge is 2.30. The van der Waals surface area contributed by atoms with E-state index in [1.54, 1.807) is 6.92 Å². The lowest BCUT2D eigenvalue weighted by Crippen LogP contribution is -2.41. The summed E-state index contributed by atoms with van der Waals surface area (Å²) >= 11 is 0. The van der Waals surface area contributed by atoms with E-state index in [1.165, 1.54) is 12.1 Å². The molecular weight excluding hydrogens is 309 g/mol. The third kappa shape index (κ3) is 5.21. The number of rotatable bonds is 4. The van der Waals surface area contributed by atoms with Gasteiger partial charge in [0.25, 0.3) is 0 Å². The van der Waals surface area contributed by atoms with Crippen LogP contribution >= 0.6 is 0 Å². The lowest BCUT2D eigenvalue weighted by atomic mass is 9.92. The van der Waals surface area contributed by atoms with E-state index >= 15 is 0 Å². The zero-order chi connectivity index (χ0) is 17.0. The van der Waals surface area contributed by atoms with Crippen LogP contribution in [0, 0.1) is 5.92 Å². The molecule has 0 bridgehead atoms. The Morgan fingerprint density at radius 3 is 2.61 bits per heavy atom. The SMILES string of the molecule is CC(O)C1CCN(CC(=O)Nc2cccc(C(F)(F)F)c2)CC1.